The Bertz CT molecular complexity index is 387. The smallest absolute Gasteiger partial charge is 0.251 e. The van der Waals surface area contributed by atoms with Crippen LogP contribution in [-0.2, 0) is 0 Å². The largest absolute Gasteiger partial charge is 0.399 e. The van der Waals surface area contributed by atoms with Crippen LogP contribution in [-0.4, -0.2) is 12.5 Å². The monoisotopic (exact) mass is 326 g/mol. The summed E-state index contributed by atoms with van der Waals surface area (Å²) in [6.45, 7) is 2.95. The molecule has 1 aromatic rings. The van der Waals surface area contributed by atoms with Crippen molar-refractivity contribution >= 4 is 27.5 Å². The van der Waals surface area contributed by atoms with E-state index in [-0.39, 0.29) is 5.91 Å². The Hall–Kier alpha value is -1.03. The van der Waals surface area contributed by atoms with E-state index in [1.807, 2.05) is 0 Å². The van der Waals surface area contributed by atoms with E-state index in [9.17, 15) is 4.79 Å². The van der Waals surface area contributed by atoms with E-state index in [1.54, 1.807) is 18.2 Å². The van der Waals surface area contributed by atoms with E-state index in [2.05, 4.69) is 28.2 Å². The number of nitrogen functional groups attached to an aromatic ring is 1. The van der Waals surface area contributed by atoms with E-state index in [0.29, 0.717) is 11.3 Å². The van der Waals surface area contributed by atoms with Gasteiger partial charge < -0.3 is 11.1 Å². The van der Waals surface area contributed by atoms with Gasteiger partial charge in [0.2, 0.25) is 0 Å². The zero-order chi connectivity index (χ0) is 14.1. The molecule has 1 rings (SSSR count). The zero-order valence-electron chi connectivity index (χ0n) is 11.5. The summed E-state index contributed by atoms with van der Waals surface area (Å²) in [5.41, 5.74) is 6.92. The van der Waals surface area contributed by atoms with Crippen molar-refractivity contribution in [3.05, 3.63) is 28.2 Å². The summed E-state index contributed by atoms with van der Waals surface area (Å²) in [6.07, 6.45) is 7.35. The lowest BCUT2D eigenvalue weighted by Crippen LogP contribution is -2.24. The van der Waals surface area contributed by atoms with Crippen molar-refractivity contribution in [3.63, 3.8) is 0 Å². The molecule has 0 spiro atoms. The summed E-state index contributed by atoms with van der Waals surface area (Å²) < 4.78 is 0.831. The molecule has 0 radical (unpaired) electrons. The van der Waals surface area contributed by atoms with Crippen LogP contribution >= 0.6 is 15.9 Å². The Balaban J connectivity index is 2.24. The number of hydrogen-bond donors (Lipinski definition) is 2. The molecule has 0 aromatic heterocycles. The van der Waals surface area contributed by atoms with Gasteiger partial charge in [-0.15, -0.1) is 0 Å². The quantitative estimate of drug-likeness (QED) is 0.557. The number of carbonyl (C=O) groups excluding carboxylic acids is 1. The molecule has 0 aliphatic heterocycles. The first-order valence-corrected chi connectivity index (χ1v) is 7.77. The van der Waals surface area contributed by atoms with Crippen molar-refractivity contribution in [2.24, 2.45) is 0 Å². The summed E-state index contributed by atoms with van der Waals surface area (Å²) in [5.74, 6) is -0.0541. The van der Waals surface area contributed by atoms with Crippen molar-refractivity contribution in [1.82, 2.24) is 5.32 Å². The van der Waals surface area contributed by atoms with Crippen molar-refractivity contribution in [2.45, 2.75) is 45.4 Å². The maximum Gasteiger partial charge on any atom is 0.251 e. The van der Waals surface area contributed by atoms with Gasteiger partial charge in [0.15, 0.2) is 0 Å². The number of benzene rings is 1. The second kappa shape index (κ2) is 8.97. The number of hydrogen-bond acceptors (Lipinski definition) is 2. The van der Waals surface area contributed by atoms with Gasteiger partial charge in [-0.3, -0.25) is 4.79 Å². The number of carbonyl (C=O) groups is 1. The molecule has 0 heterocycles. The van der Waals surface area contributed by atoms with E-state index in [4.69, 9.17) is 5.73 Å². The first-order valence-electron chi connectivity index (χ1n) is 6.97. The van der Waals surface area contributed by atoms with Crippen LogP contribution in [0.25, 0.3) is 0 Å². The molecule has 0 bridgehead atoms. The van der Waals surface area contributed by atoms with Gasteiger partial charge in [0.05, 0.1) is 0 Å². The summed E-state index contributed by atoms with van der Waals surface area (Å²) in [6, 6.07) is 5.26. The Morgan fingerprint density at radius 2 is 1.84 bits per heavy atom. The topological polar surface area (TPSA) is 55.1 Å². The number of rotatable bonds is 8. The van der Waals surface area contributed by atoms with Crippen LogP contribution in [0.3, 0.4) is 0 Å². The number of anilines is 1. The summed E-state index contributed by atoms with van der Waals surface area (Å²) in [7, 11) is 0. The van der Waals surface area contributed by atoms with Crippen LogP contribution in [0.2, 0.25) is 0 Å². The van der Waals surface area contributed by atoms with E-state index in [1.165, 1.54) is 32.1 Å². The molecule has 3 N–H and O–H groups in total. The Morgan fingerprint density at radius 1 is 1.16 bits per heavy atom. The first kappa shape index (κ1) is 16.0. The van der Waals surface area contributed by atoms with Crippen molar-refractivity contribution in [1.29, 1.82) is 0 Å². The Labute approximate surface area is 124 Å². The van der Waals surface area contributed by atoms with Gasteiger partial charge in [-0.05, 0) is 24.6 Å². The van der Waals surface area contributed by atoms with Gasteiger partial charge in [0.1, 0.15) is 0 Å². The SMILES string of the molecule is CCCCCCCCNC(=O)c1cc(N)cc(Br)c1. The molecule has 1 amide bonds. The number of nitrogens with two attached hydrogens (primary N) is 1. The highest BCUT2D eigenvalue weighted by molar-refractivity contribution is 9.10. The fraction of sp³-hybridized carbons (Fsp3) is 0.533. The summed E-state index contributed by atoms with van der Waals surface area (Å²) >= 11 is 3.34. The van der Waals surface area contributed by atoms with Crippen LogP contribution in [0.5, 0.6) is 0 Å². The summed E-state index contributed by atoms with van der Waals surface area (Å²) in [4.78, 5) is 11.9. The molecule has 0 atom stereocenters. The van der Waals surface area contributed by atoms with Crippen molar-refractivity contribution in [3.8, 4) is 0 Å². The van der Waals surface area contributed by atoms with Crippen LogP contribution in [0.15, 0.2) is 22.7 Å². The molecular formula is C15H23BrN2O. The molecule has 0 aliphatic rings. The predicted octanol–water partition coefficient (Wildman–Crippen LogP) is 4.12. The standard InChI is InChI=1S/C15H23BrN2O/c1-2-3-4-5-6-7-8-18-15(19)12-9-13(16)11-14(17)10-12/h9-11H,2-8,17H2,1H3,(H,18,19). The lowest BCUT2D eigenvalue weighted by atomic mass is 10.1. The number of amides is 1. The third kappa shape index (κ3) is 6.62. The highest BCUT2D eigenvalue weighted by atomic mass is 79.9. The molecule has 0 fully saturated rings. The molecule has 0 aliphatic carbocycles. The number of halogens is 1. The third-order valence-electron chi connectivity index (χ3n) is 3.00. The predicted molar refractivity (Wildman–Crippen MR) is 84.3 cm³/mol. The fourth-order valence-corrected chi connectivity index (χ4v) is 2.46. The molecular weight excluding hydrogens is 304 g/mol. The molecule has 19 heavy (non-hydrogen) atoms. The van der Waals surface area contributed by atoms with Gasteiger partial charge >= 0.3 is 0 Å². The average Bonchev–Trinajstić information content (AvgIpc) is 2.36. The molecule has 1 aromatic carbocycles. The third-order valence-corrected chi connectivity index (χ3v) is 3.46. The normalized spacial score (nSPS) is 10.4. The zero-order valence-corrected chi connectivity index (χ0v) is 13.1. The van der Waals surface area contributed by atoms with Crippen LogP contribution in [0.4, 0.5) is 5.69 Å². The van der Waals surface area contributed by atoms with Crippen molar-refractivity contribution < 1.29 is 4.79 Å². The maximum atomic E-state index is 11.9. The fourth-order valence-electron chi connectivity index (χ4n) is 1.95. The second-order valence-corrected chi connectivity index (χ2v) is 5.71. The lowest BCUT2D eigenvalue weighted by molar-refractivity contribution is 0.0953. The highest BCUT2D eigenvalue weighted by Crippen LogP contribution is 2.17. The minimum absolute atomic E-state index is 0.0541. The average molecular weight is 327 g/mol. The van der Waals surface area contributed by atoms with Crippen LogP contribution in [0.1, 0.15) is 55.8 Å². The Kier molecular flexibility index (Phi) is 7.56. The molecule has 3 nitrogen and oxygen atoms in total. The minimum atomic E-state index is -0.0541. The molecule has 0 saturated heterocycles. The van der Waals surface area contributed by atoms with Gasteiger partial charge in [-0.1, -0.05) is 55.0 Å². The van der Waals surface area contributed by atoms with Gasteiger partial charge in [0.25, 0.3) is 5.91 Å². The molecule has 0 unspecified atom stereocenters. The number of nitrogens with one attached hydrogen (secondary N) is 1. The lowest BCUT2D eigenvalue weighted by Gasteiger charge is -2.06. The summed E-state index contributed by atoms with van der Waals surface area (Å²) in [5, 5.41) is 2.93. The van der Waals surface area contributed by atoms with E-state index < -0.39 is 0 Å². The van der Waals surface area contributed by atoms with Crippen LogP contribution < -0.4 is 11.1 Å². The second-order valence-electron chi connectivity index (χ2n) is 4.80. The minimum Gasteiger partial charge on any atom is -0.399 e. The molecule has 106 valence electrons. The molecule has 4 heteroatoms. The maximum absolute atomic E-state index is 11.9. The van der Waals surface area contributed by atoms with Crippen LogP contribution in [0, 0.1) is 0 Å². The number of unbranched alkanes of at least 4 members (excludes halogenated alkanes) is 5. The molecule has 0 saturated carbocycles. The van der Waals surface area contributed by atoms with Gasteiger partial charge in [0, 0.05) is 22.3 Å². The Morgan fingerprint density at radius 3 is 2.53 bits per heavy atom. The van der Waals surface area contributed by atoms with Gasteiger partial charge in [-0.25, -0.2) is 0 Å². The highest BCUT2D eigenvalue weighted by Gasteiger charge is 2.06. The van der Waals surface area contributed by atoms with Crippen molar-refractivity contribution in [2.75, 3.05) is 12.3 Å². The van der Waals surface area contributed by atoms with E-state index >= 15 is 0 Å². The van der Waals surface area contributed by atoms with E-state index in [0.717, 1.165) is 17.4 Å². The first-order chi connectivity index (χ1) is 9.13. The van der Waals surface area contributed by atoms with Gasteiger partial charge in [-0.2, -0.15) is 0 Å².